The van der Waals surface area contributed by atoms with E-state index in [1.54, 1.807) is 0 Å². The fraction of sp³-hybridized carbons (Fsp3) is 0.400. The Kier molecular flexibility index (Phi) is 2.96. The second-order valence-electron chi connectivity index (χ2n) is 1.91. The van der Waals surface area contributed by atoms with Gasteiger partial charge in [0.2, 0.25) is 5.83 Å². The molecule has 0 unspecified atom stereocenters. The third-order valence-corrected chi connectivity index (χ3v) is 1.06. The molecule has 0 aliphatic rings. The summed E-state index contributed by atoms with van der Waals surface area (Å²) in [6, 6.07) is 0. The lowest BCUT2D eigenvalue weighted by molar-refractivity contribution is -0.216. The van der Waals surface area contributed by atoms with Gasteiger partial charge in [-0.15, -0.1) is 0 Å². The van der Waals surface area contributed by atoms with E-state index < -0.39 is 30.0 Å². The Hall–Kier alpha value is -1.21. The molecule has 0 aromatic carbocycles. The molecule has 0 atom stereocenters. The van der Waals surface area contributed by atoms with Gasteiger partial charge < -0.3 is 5.11 Å². The molecular weight excluding hydrogens is 206 g/mol. The van der Waals surface area contributed by atoms with Crippen molar-refractivity contribution in [2.45, 2.75) is 11.8 Å². The third kappa shape index (κ3) is 1.76. The lowest BCUT2D eigenvalue weighted by Gasteiger charge is -2.20. The minimum Gasteiger partial charge on any atom is -0.477 e. The van der Waals surface area contributed by atoms with Crippen LogP contribution in [-0.2, 0) is 4.79 Å². The van der Waals surface area contributed by atoms with Gasteiger partial charge in [-0.2, -0.15) is 17.6 Å². The summed E-state index contributed by atoms with van der Waals surface area (Å²) in [5.74, 6) is -17.7. The van der Waals surface area contributed by atoms with Gasteiger partial charge in [-0.25, -0.2) is 13.6 Å². The van der Waals surface area contributed by atoms with Crippen LogP contribution in [0.3, 0.4) is 0 Å². The Morgan fingerprint density at radius 3 is 1.77 bits per heavy atom. The van der Waals surface area contributed by atoms with Gasteiger partial charge in [0.25, 0.3) is 0 Å². The number of halogens is 6. The van der Waals surface area contributed by atoms with Crippen LogP contribution in [0.1, 0.15) is 0 Å². The molecular formula is C5H2F6O2. The van der Waals surface area contributed by atoms with Gasteiger partial charge in [0.1, 0.15) is 6.33 Å². The second-order valence-corrected chi connectivity index (χ2v) is 1.91. The fourth-order valence-corrected chi connectivity index (χ4v) is 0.353. The van der Waals surface area contributed by atoms with Crippen molar-refractivity contribution in [2.75, 3.05) is 0 Å². The van der Waals surface area contributed by atoms with E-state index in [-0.39, 0.29) is 0 Å². The summed E-state index contributed by atoms with van der Waals surface area (Å²) < 4.78 is 70.9. The van der Waals surface area contributed by atoms with Crippen molar-refractivity contribution in [1.82, 2.24) is 0 Å². The third-order valence-electron chi connectivity index (χ3n) is 1.06. The van der Waals surface area contributed by atoms with Crippen molar-refractivity contribution in [3.63, 3.8) is 0 Å². The second kappa shape index (κ2) is 3.27. The first-order valence-electron chi connectivity index (χ1n) is 2.63. The number of alkyl halides is 4. The number of carbonyl (C=O) groups is 1. The monoisotopic (exact) mass is 208 g/mol. The lowest BCUT2D eigenvalue weighted by atomic mass is 10.1. The van der Waals surface area contributed by atoms with E-state index in [1.165, 1.54) is 0 Å². The number of carboxylic acid groups (broad SMARTS) is 1. The molecule has 0 aromatic heterocycles. The van der Waals surface area contributed by atoms with Crippen molar-refractivity contribution in [3.8, 4) is 0 Å². The van der Waals surface area contributed by atoms with Crippen LogP contribution >= 0.6 is 0 Å². The van der Waals surface area contributed by atoms with Crippen molar-refractivity contribution in [2.24, 2.45) is 0 Å². The van der Waals surface area contributed by atoms with Crippen LogP contribution in [0.25, 0.3) is 0 Å². The first-order chi connectivity index (χ1) is 5.67. The summed E-state index contributed by atoms with van der Waals surface area (Å²) in [6.07, 6.45) is -1.42. The number of rotatable bonds is 3. The zero-order chi connectivity index (χ0) is 10.9. The Bertz CT molecular complexity index is 245. The van der Waals surface area contributed by atoms with E-state index in [1.807, 2.05) is 0 Å². The summed E-state index contributed by atoms with van der Waals surface area (Å²) in [4.78, 5) is 9.54. The molecule has 0 heterocycles. The molecule has 76 valence electrons. The summed E-state index contributed by atoms with van der Waals surface area (Å²) in [6.45, 7) is 0. The largest absolute Gasteiger partial charge is 0.477 e. The highest BCUT2D eigenvalue weighted by Crippen LogP contribution is 2.40. The van der Waals surface area contributed by atoms with Crippen LogP contribution < -0.4 is 0 Å². The van der Waals surface area contributed by atoms with E-state index >= 15 is 0 Å². The molecule has 0 aliphatic heterocycles. The molecule has 13 heavy (non-hydrogen) atoms. The topological polar surface area (TPSA) is 37.3 Å². The zero-order valence-corrected chi connectivity index (χ0v) is 5.70. The van der Waals surface area contributed by atoms with Gasteiger partial charge in [0.15, 0.2) is 0 Å². The molecule has 0 saturated carbocycles. The Balaban J connectivity index is 5.15. The van der Waals surface area contributed by atoms with E-state index in [2.05, 4.69) is 0 Å². The van der Waals surface area contributed by atoms with E-state index in [4.69, 9.17) is 5.11 Å². The maximum Gasteiger partial charge on any atom is 0.411 e. The summed E-state index contributed by atoms with van der Waals surface area (Å²) in [5.41, 5.74) is 0. The quantitative estimate of drug-likeness (QED) is 0.721. The van der Waals surface area contributed by atoms with E-state index in [0.717, 1.165) is 0 Å². The van der Waals surface area contributed by atoms with Crippen molar-refractivity contribution >= 4 is 5.97 Å². The van der Waals surface area contributed by atoms with Crippen LogP contribution in [0.15, 0.2) is 12.2 Å². The molecule has 0 aromatic rings. The van der Waals surface area contributed by atoms with Gasteiger partial charge in [0.05, 0.1) is 0 Å². The summed E-state index contributed by atoms with van der Waals surface area (Å²) in [7, 11) is 0. The minimum atomic E-state index is -5.69. The minimum absolute atomic E-state index is 1.42. The molecule has 0 spiro atoms. The number of hydrogen-bond acceptors (Lipinski definition) is 1. The highest BCUT2D eigenvalue weighted by Gasteiger charge is 2.65. The van der Waals surface area contributed by atoms with Crippen LogP contribution in [0.4, 0.5) is 26.3 Å². The smallest absolute Gasteiger partial charge is 0.411 e. The molecule has 0 radical (unpaired) electrons. The predicted molar refractivity (Wildman–Crippen MR) is 27.8 cm³/mol. The number of hydrogen-bond donors (Lipinski definition) is 1. The molecule has 0 rings (SSSR count). The molecule has 0 aliphatic carbocycles. The molecule has 0 bridgehead atoms. The predicted octanol–water partition coefficient (Wildman–Crippen LogP) is 2.12. The van der Waals surface area contributed by atoms with Gasteiger partial charge in [0, 0.05) is 0 Å². The molecule has 2 nitrogen and oxygen atoms in total. The van der Waals surface area contributed by atoms with E-state index in [0.29, 0.717) is 0 Å². The average molecular weight is 208 g/mol. The Labute approximate surface area is 67.5 Å². The van der Waals surface area contributed by atoms with Crippen molar-refractivity contribution < 1.29 is 36.2 Å². The lowest BCUT2D eigenvalue weighted by Crippen LogP contribution is -2.47. The van der Waals surface area contributed by atoms with E-state index in [9.17, 15) is 31.1 Å². The van der Waals surface area contributed by atoms with Crippen molar-refractivity contribution in [3.05, 3.63) is 12.2 Å². The van der Waals surface area contributed by atoms with Crippen LogP contribution in [0.5, 0.6) is 0 Å². The van der Waals surface area contributed by atoms with Gasteiger partial charge in [-0.1, -0.05) is 0 Å². The maximum atomic E-state index is 12.0. The number of allylic oxidation sites excluding steroid dienone is 1. The fourth-order valence-electron chi connectivity index (χ4n) is 0.353. The molecule has 8 heteroatoms. The van der Waals surface area contributed by atoms with Crippen LogP contribution in [-0.4, -0.2) is 22.9 Å². The molecule has 0 amide bonds. The highest BCUT2D eigenvalue weighted by atomic mass is 19.3. The van der Waals surface area contributed by atoms with Crippen molar-refractivity contribution in [1.29, 1.82) is 0 Å². The first-order valence-corrected chi connectivity index (χ1v) is 2.63. The van der Waals surface area contributed by atoms with Crippen LogP contribution in [0.2, 0.25) is 0 Å². The number of aliphatic carboxylic acids is 1. The SMILES string of the molecule is O=C(O)C(F)(F)C(F)(F)/C(F)=C\F. The van der Waals surface area contributed by atoms with Crippen LogP contribution in [0, 0.1) is 0 Å². The highest BCUT2D eigenvalue weighted by molar-refractivity contribution is 5.77. The van der Waals surface area contributed by atoms with Gasteiger partial charge in [-0.3, -0.25) is 0 Å². The normalized spacial score (nSPS) is 14.5. The summed E-state index contributed by atoms with van der Waals surface area (Å²) >= 11 is 0. The molecule has 0 saturated heterocycles. The Morgan fingerprint density at radius 2 is 1.54 bits per heavy atom. The van der Waals surface area contributed by atoms with Gasteiger partial charge in [-0.05, 0) is 0 Å². The summed E-state index contributed by atoms with van der Waals surface area (Å²) in [5, 5.41) is 7.57. The zero-order valence-electron chi connectivity index (χ0n) is 5.70. The first kappa shape index (κ1) is 11.8. The standard InChI is InChI=1S/C5H2F6O2/c6-1-2(7)4(8,9)5(10,11)3(12)13/h1H,(H,12,13)/b2-1+. The Morgan fingerprint density at radius 1 is 1.15 bits per heavy atom. The number of carboxylic acids is 1. The molecule has 0 fully saturated rings. The molecule has 1 N–H and O–H groups in total. The van der Waals surface area contributed by atoms with Gasteiger partial charge >= 0.3 is 17.8 Å². The maximum absolute atomic E-state index is 12.0. The average Bonchev–Trinajstić information content (AvgIpc) is 2.02.